The standard InChI is InChI=1S/C21H27N3O4/c1-21(2,3)28-20(27)24-10-5-8-15(24)19(26)23-11-9-13-6-4-7-14-17(13)16(23)12-22-18(14)25/h4,6-7,15-16H,5,8-12H2,1-3H3,(H,22,25). The zero-order chi connectivity index (χ0) is 20.1. The van der Waals surface area contributed by atoms with Crippen molar-refractivity contribution in [2.45, 2.75) is 57.7 Å². The molecule has 2 unspecified atom stereocenters. The van der Waals surface area contributed by atoms with Crippen molar-refractivity contribution in [3.63, 3.8) is 0 Å². The lowest BCUT2D eigenvalue weighted by Crippen LogP contribution is -2.54. The van der Waals surface area contributed by atoms with E-state index in [0.717, 1.165) is 24.0 Å². The van der Waals surface area contributed by atoms with Gasteiger partial charge in [-0.1, -0.05) is 12.1 Å². The van der Waals surface area contributed by atoms with E-state index < -0.39 is 17.7 Å². The molecule has 3 amide bonds. The molecule has 1 fully saturated rings. The third-order valence-electron chi connectivity index (χ3n) is 5.68. The first-order valence-corrected chi connectivity index (χ1v) is 9.96. The van der Waals surface area contributed by atoms with E-state index in [9.17, 15) is 14.4 Å². The Balaban J connectivity index is 1.58. The Morgan fingerprint density at radius 2 is 1.96 bits per heavy atom. The summed E-state index contributed by atoms with van der Waals surface area (Å²) >= 11 is 0. The summed E-state index contributed by atoms with van der Waals surface area (Å²) in [6.45, 7) is 7.01. The van der Waals surface area contributed by atoms with Gasteiger partial charge in [0.2, 0.25) is 5.91 Å². The lowest BCUT2D eigenvalue weighted by atomic mass is 9.85. The number of nitrogens with zero attached hydrogens (tertiary/aromatic N) is 2. The number of ether oxygens (including phenoxy) is 1. The average molecular weight is 385 g/mol. The van der Waals surface area contributed by atoms with Gasteiger partial charge in [-0.25, -0.2) is 4.79 Å². The summed E-state index contributed by atoms with van der Waals surface area (Å²) in [5, 5.41) is 2.90. The molecule has 0 bridgehead atoms. The van der Waals surface area contributed by atoms with E-state index in [1.54, 1.807) is 4.90 Å². The average Bonchev–Trinajstić information content (AvgIpc) is 3.13. The van der Waals surface area contributed by atoms with Gasteiger partial charge in [0, 0.05) is 25.2 Å². The molecule has 1 aromatic rings. The number of hydrogen-bond donors (Lipinski definition) is 1. The molecule has 2 atom stereocenters. The molecule has 7 nitrogen and oxygen atoms in total. The highest BCUT2D eigenvalue weighted by atomic mass is 16.6. The van der Waals surface area contributed by atoms with Gasteiger partial charge >= 0.3 is 6.09 Å². The van der Waals surface area contributed by atoms with Crippen molar-refractivity contribution in [2.24, 2.45) is 0 Å². The minimum Gasteiger partial charge on any atom is -0.444 e. The third kappa shape index (κ3) is 3.23. The lowest BCUT2D eigenvalue weighted by molar-refractivity contribution is -0.139. The Kier molecular flexibility index (Phi) is 4.56. The van der Waals surface area contributed by atoms with Gasteiger partial charge < -0.3 is 15.0 Å². The number of hydrogen-bond acceptors (Lipinski definition) is 4. The van der Waals surface area contributed by atoms with Crippen LogP contribution in [0, 0.1) is 0 Å². The summed E-state index contributed by atoms with van der Waals surface area (Å²) in [7, 11) is 0. The lowest BCUT2D eigenvalue weighted by Gasteiger charge is -2.42. The number of carbonyl (C=O) groups excluding carboxylic acids is 3. The van der Waals surface area contributed by atoms with E-state index in [0.29, 0.717) is 31.6 Å². The molecule has 0 saturated carbocycles. The summed E-state index contributed by atoms with van der Waals surface area (Å²) < 4.78 is 5.50. The van der Waals surface area contributed by atoms with E-state index in [1.807, 2.05) is 43.9 Å². The van der Waals surface area contributed by atoms with E-state index >= 15 is 0 Å². The monoisotopic (exact) mass is 385 g/mol. The highest BCUT2D eigenvalue weighted by Gasteiger charge is 2.43. The second-order valence-corrected chi connectivity index (χ2v) is 8.72. The maximum Gasteiger partial charge on any atom is 0.410 e. The number of amides is 3. The van der Waals surface area contributed by atoms with Crippen molar-refractivity contribution < 1.29 is 19.1 Å². The quantitative estimate of drug-likeness (QED) is 0.804. The van der Waals surface area contributed by atoms with Crippen molar-refractivity contribution in [2.75, 3.05) is 19.6 Å². The highest BCUT2D eigenvalue weighted by molar-refractivity contribution is 5.98. The Bertz CT molecular complexity index is 829. The molecule has 7 heteroatoms. The molecular weight excluding hydrogens is 358 g/mol. The molecule has 1 saturated heterocycles. The van der Waals surface area contributed by atoms with Crippen LogP contribution in [0.3, 0.4) is 0 Å². The molecule has 0 spiro atoms. The first-order valence-electron chi connectivity index (χ1n) is 9.96. The van der Waals surface area contributed by atoms with Gasteiger partial charge in [0.1, 0.15) is 11.6 Å². The smallest absolute Gasteiger partial charge is 0.410 e. The normalized spacial score (nSPS) is 23.9. The molecule has 150 valence electrons. The fourth-order valence-corrected chi connectivity index (χ4v) is 4.49. The summed E-state index contributed by atoms with van der Waals surface area (Å²) in [5.74, 6) is -0.136. The predicted octanol–water partition coefficient (Wildman–Crippen LogP) is 2.26. The molecule has 0 radical (unpaired) electrons. The van der Waals surface area contributed by atoms with Crippen LogP contribution in [0.25, 0.3) is 0 Å². The Morgan fingerprint density at radius 1 is 1.18 bits per heavy atom. The minimum absolute atomic E-state index is 0.0510. The third-order valence-corrected chi connectivity index (χ3v) is 5.68. The van der Waals surface area contributed by atoms with E-state index in [1.165, 1.54) is 0 Å². The first-order chi connectivity index (χ1) is 13.3. The molecule has 3 aliphatic heterocycles. The van der Waals surface area contributed by atoms with Crippen molar-refractivity contribution in [3.05, 3.63) is 34.9 Å². The number of likely N-dealkylation sites (tertiary alicyclic amines) is 1. The maximum absolute atomic E-state index is 13.4. The first kappa shape index (κ1) is 18.8. The number of benzene rings is 1. The van der Waals surface area contributed by atoms with E-state index in [2.05, 4.69) is 5.32 Å². The van der Waals surface area contributed by atoms with Gasteiger partial charge in [-0.3, -0.25) is 14.5 Å². The van der Waals surface area contributed by atoms with Gasteiger partial charge in [-0.15, -0.1) is 0 Å². The molecule has 1 N–H and O–H groups in total. The van der Waals surface area contributed by atoms with Gasteiger partial charge in [-0.05, 0) is 57.2 Å². The van der Waals surface area contributed by atoms with Crippen LogP contribution in [0.2, 0.25) is 0 Å². The predicted molar refractivity (Wildman–Crippen MR) is 103 cm³/mol. The molecule has 0 aromatic heterocycles. The summed E-state index contributed by atoms with van der Waals surface area (Å²) in [6.07, 6.45) is 1.71. The van der Waals surface area contributed by atoms with Crippen LogP contribution in [-0.4, -0.2) is 59.0 Å². The van der Waals surface area contributed by atoms with Crippen LogP contribution >= 0.6 is 0 Å². The second kappa shape index (κ2) is 6.79. The molecule has 3 aliphatic rings. The molecule has 1 aromatic carbocycles. The summed E-state index contributed by atoms with van der Waals surface area (Å²) in [4.78, 5) is 41.7. The highest BCUT2D eigenvalue weighted by Crippen LogP contribution is 2.36. The van der Waals surface area contributed by atoms with Gasteiger partial charge in [0.05, 0.1) is 6.04 Å². The van der Waals surface area contributed by atoms with Crippen LogP contribution in [0.15, 0.2) is 18.2 Å². The van der Waals surface area contributed by atoms with Crippen LogP contribution < -0.4 is 5.32 Å². The SMILES string of the molecule is CC(C)(C)OC(=O)N1CCCC1C(=O)N1CCc2cccc3c2C1CNC3=O. The van der Waals surface area contributed by atoms with Crippen molar-refractivity contribution in [1.82, 2.24) is 15.1 Å². The molecule has 3 heterocycles. The molecule has 4 rings (SSSR count). The molecule has 0 aliphatic carbocycles. The Hall–Kier alpha value is -2.57. The fourth-order valence-electron chi connectivity index (χ4n) is 4.49. The van der Waals surface area contributed by atoms with Crippen molar-refractivity contribution in [1.29, 1.82) is 0 Å². The van der Waals surface area contributed by atoms with Crippen LogP contribution in [-0.2, 0) is 16.0 Å². The van der Waals surface area contributed by atoms with Crippen LogP contribution in [0.5, 0.6) is 0 Å². The number of nitrogens with one attached hydrogen (secondary N) is 1. The maximum atomic E-state index is 13.4. The van der Waals surface area contributed by atoms with Crippen LogP contribution in [0.1, 0.15) is 61.1 Å². The van der Waals surface area contributed by atoms with E-state index in [-0.39, 0.29) is 17.9 Å². The van der Waals surface area contributed by atoms with Gasteiger partial charge in [0.15, 0.2) is 0 Å². The van der Waals surface area contributed by atoms with Crippen molar-refractivity contribution in [3.8, 4) is 0 Å². The van der Waals surface area contributed by atoms with Crippen LogP contribution in [0.4, 0.5) is 4.79 Å². The number of carbonyl (C=O) groups is 3. The molecule has 28 heavy (non-hydrogen) atoms. The summed E-state index contributed by atoms with van der Waals surface area (Å²) in [6, 6.07) is 5.08. The zero-order valence-electron chi connectivity index (χ0n) is 16.7. The van der Waals surface area contributed by atoms with E-state index in [4.69, 9.17) is 4.74 Å². The topological polar surface area (TPSA) is 79.0 Å². The minimum atomic E-state index is -0.597. The largest absolute Gasteiger partial charge is 0.444 e. The summed E-state index contributed by atoms with van der Waals surface area (Å²) in [5.41, 5.74) is 2.16. The fraction of sp³-hybridized carbons (Fsp3) is 0.571. The van der Waals surface area contributed by atoms with Gasteiger partial charge in [0.25, 0.3) is 5.91 Å². The zero-order valence-corrected chi connectivity index (χ0v) is 16.7. The number of rotatable bonds is 1. The van der Waals surface area contributed by atoms with Gasteiger partial charge in [-0.2, -0.15) is 0 Å². The van der Waals surface area contributed by atoms with Crippen molar-refractivity contribution >= 4 is 17.9 Å². The molecular formula is C21H27N3O4. The second-order valence-electron chi connectivity index (χ2n) is 8.72. The Morgan fingerprint density at radius 3 is 2.71 bits per heavy atom. The Labute approximate surface area is 165 Å².